The number of carboxylic acids is 2. The Morgan fingerprint density at radius 3 is 1.40 bits per heavy atom. The van der Waals surface area contributed by atoms with Crippen LogP contribution in [0.25, 0.3) is 0 Å². The van der Waals surface area contributed by atoms with Crippen LogP contribution in [0.4, 0.5) is 0 Å². The van der Waals surface area contributed by atoms with Gasteiger partial charge < -0.3 is 19.7 Å². The Labute approximate surface area is 118 Å². The van der Waals surface area contributed by atoms with Gasteiger partial charge in [-0.15, -0.1) is 0 Å². The first-order valence-corrected chi connectivity index (χ1v) is 7.16. The largest absolute Gasteiger partial charge is 0.481 e. The number of hydrogen-bond donors (Lipinski definition) is 2. The molecule has 0 aromatic heterocycles. The summed E-state index contributed by atoms with van der Waals surface area (Å²) in [6.45, 7) is 4.39. The van der Waals surface area contributed by atoms with Crippen molar-refractivity contribution in [2.75, 3.05) is 13.2 Å². The molecule has 0 aliphatic heterocycles. The Morgan fingerprint density at radius 1 is 0.900 bits per heavy atom. The zero-order valence-electron chi connectivity index (χ0n) is 11.9. The number of ether oxygens (including phenoxy) is 2. The summed E-state index contributed by atoms with van der Waals surface area (Å²) in [6.07, 6.45) is 2.17. The van der Waals surface area contributed by atoms with Crippen molar-refractivity contribution in [3.8, 4) is 0 Å². The summed E-state index contributed by atoms with van der Waals surface area (Å²) in [6, 6.07) is 0. The molecule has 3 fully saturated rings. The standard InChI is InChI=1S/C14H22O6/c1-3-19-13-5-7-14(8-6-13,20-4-2)10(12(17)18)9(13)11(15)16/h9-10H,3-8H2,1-2H3,(H,15,16)(H,17,18)/t9-,10+,13?,14?. The second-order valence-electron chi connectivity index (χ2n) is 5.63. The van der Waals surface area contributed by atoms with E-state index in [4.69, 9.17) is 9.47 Å². The molecule has 0 heterocycles. The Kier molecular flexibility index (Phi) is 4.07. The third-order valence-corrected chi connectivity index (χ3v) is 4.81. The van der Waals surface area contributed by atoms with Crippen molar-refractivity contribution < 1.29 is 29.3 Å². The van der Waals surface area contributed by atoms with Gasteiger partial charge in [-0.05, 0) is 39.5 Å². The molecular formula is C14H22O6. The average molecular weight is 286 g/mol. The minimum absolute atomic E-state index is 0.387. The van der Waals surface area contributed by atoms with Gasteiger partial charge in [0.15, 0.2) is 0 Å². The first-order chi connectivity index (χ1) is 9.42. The fraction of sp³-hybridized carbons (Fsp3) is 0.857. The Hall–Kier alpha value is -1.14. The maximum atomic E-state index is 11.7. The lowest BCUT2D eigenvalue weighted by Gasteiger charge is -2.58. The van der Waals surface area contributed by atoms with Crippen molar-refractivity contribution in [3.63, 3.8) is 0 Å². The van der Waals surface area contributed by atoms with Gasteiger partial charge in [0.2, 0.25) is 0 Å². The highest BCUT2D eigenvalue weighted by molar-refractivity contribution is 5.83. The molecule has 3 rings (SSSR count). The molecule has 0 aromatic carbocycles. The van der Waals surface area contributed by atoms with E-state index >= 15 is 0 Å². The number of carboxylic acid groups (broad SMARTS) is 2. The lowest BCUT2D eigenvalue weighted by molar-refractivity contribution is -0.250. The van der Waals surface area contributed by atoms with Gasteiger partial charge in [0.1, 0.15) is 11.8 Å². The predicted molar refractivity (Wildman–Crippen MR) is 69.4 cm³/mol. The van der Waals surface area contributed by atoms with Gasteiger partial charge in [0.25, 0.3) is 0 Å². The predicted octanol–water partition coefficient (Wildman–Crippen LogP) is 1.53. The van der Waals surface area contributed by atoms with Gasteiger partial charge in [-0.3, -0.25) is 9.59 Å². The normalized spacial score (nSPS) is 39.7. The summed E-state index contributed by atoms with van der Waals surface area (Å²) >= 11 is 0. The summed E-state index contributed by atoms with van der Waals surface area (Å²) in [5.74, 6) is -4.30. The van der Waals surface area contributed by atoms with Crippen LogP contribution in [0.5, 0.6) is 0 Å². The average Bonchev–Trinajstić information content (AvgIpc) is 2.39. The second kappa shape index (κ2) is 5.33. The molecule has 114 valence electrons. The van der Waals surface area contributed by atoms with Crippen LogP contribution in [0.3, 0.4) is 0 Å². The molecule has 0 amide bonds. The summed E-state index contributed by atoms with van der Waals surface area (Å²) in [7, 11) is 0. The first kappa shape index (κ1) is 15.3. The van der Waals surface area contributed by atoms with Crippen LogP contribution in [-0.4, -0.2) is 46.6 Å². The summed E-state index contributed by atoms with van der Waals surface area (Å²) in [4.78, 5) is 23.4. The van der Waals surface area contributed by atoms with Gasteiger partial charge in [-0.1, -0.05) is 0 Å². The highest BCUT2D eigenvalue weighted by atomic mass is 16.5. The Bertz CT molecular complexity index is 358. The van der Waals surface area contributed by atoms with E-state index < -0.39 is 35.0 Å². The zero-order valence-corrected chi connectivity index (χ0v) is 11.9. The van der Waals surface area contributed by atoms with E-state index in [-0.39, 0.29) is 0 Å². The van der Waals surface area contributed by atoms with Gasteiger partial charge in [0, 0.05) is 13.2 Å². The number of aliphatic carboxylic acids is 2. The van der Waals surface area contributed by atoms with E-state index in [1.807, 2.05) is 13.8 Å². The molecule has 0 radical (unpaired) electrons. The molecule has 0 unspecified atom stereocenters. The molecule has 3 aliphatic carbocycles. The third kappa shape index (κ3) is 2.11. The molecule has 2 atom stereocenters. The number of hydrogen-bond acceptors (Lipinski definition) is 4. The van der Waals surface area contributed by atoms with E-state index in [0.29, 0.717) is 38.9 Å². The first-order valence-electron chi connectivity index (χ1n) is 7.16. The van der Waals surface area contributed by atoms with E-state index in [9.17, 15) is 19.8 Å². The topological polar surface area (TPSA) is 93.1 Å². The monoisotopic (exact) mass is 286 g/mol. The third-order valence-electron chi connectivity index (χ3n) is 4.81. The van der Waals surface area contributed by atoms with Crippen molar-refractivity contribution in [3.05, 3.63) is 0 Å². The molecule has 20 heavy (non-hydrogen) atoms. The molecule has 0 aromatic rings. The number of fused-ring (bicyclic) bond motifs is 3. The Morgan fingerprint density at radius 2 is 1.20 bits per heavy atom. The number of rotatable bonds is 6. The summed E-state index contributed by atoms with van der Waals surface area (Å²) in [5.41, 5.74) is -1.72. The highest BCUT2D eigenvalue weighted by Gasteiger charge is 2.66. The minimum Gasteiger partial charge on any atom is -0.481 e. The lowest BCUT2D eigenvalue weighted by atomic mass is 9.53. The SMILES string of the molecule is CCOC12CCC(OCC)(CC1)[C@@H](C(=O)O)[C@H]2C(=O)O. The minimum atomic E-state index is -1.10. The molecule has 6 heteroatoms. The molecule has 0 saturated heterocycles. The van der Waals surface area contributed by atoms with E-state index in [0.717, 1.165) is 0 Å². The highest BCUT2D eigenvalue weighted by Crippen LogP contribution is 2.57. The quantitative estimate of drug-likeness (QED) is 0.769. The maximum Gasteiger partial charge on any atom is 0.310 e. The molecule has 2 N–H and O–H groups in total. The molecule has 3 saturated carbocycles. The van der Waals surface area contributed by atoms with Crippen molar-refractivity contribution in [2.45, 2.75) is 50.7 Å². The number of carbonyl (C=O) groups is 2. The van der Waals surface area contributed by atoms with Crippen LogP contribution >= 0.6 is 0 Å². The molecule has 2 bridgehead atoms. The van der Waals surface area contributed by atoms with Gasteiger partial charge >= 0.3 is 11.9 Å². The van der Waals surface area contributed by atoms with Crippen molar-refractivity contribution >= 4 is 11.9 Å². The van der Waals surface area contributed by atoms with Crippen LogP contribution in [0, 0.1) is 11.8 Å². The fourth-order valence-corrected chi connectivity index (χ4v) is 4.10. The van der Waals surface area contributed by atoms with E-state index in [2.05, 4.69) is 0 Å². The van der Waals surface area contributed by atoms with Crippen molar-refractivity contribution in [2.24, 2.45) is 11.8 Å². The van der Waals surface area contributed by atoms with Gasteiger partial charge in [0.05, 0.1) is 11.2 Å². The van der Waals surface area contributed by atoms with Crippen molar-refractivity contribution in [1.29, 1.82) is 0 Å². The fourth-order valence-electron chi connectivity index (χ4n) is 4.10. The zero-order chi connectivity index (χ0) is 15.0. The van der Waals surface area contributed by atoms with Crippen LogP contribution < -0.4 is 0 Å². The van der Waals surface area contributed by atoms with Crippen LogP contribution in [-0.2, 0) is 19.1 Å². The molecule has 6 nitrogen and oxygen atoms in total. The lowest BCUT2D eigenvalue weighted by Crippen LogP contribution is -2.67. The van der Waals surface area contributed by atoms with Crippen LogP contribution in [0.2, 0.25) is 0 Å². The summed E-state index contributed by atoms with van der Waals surface area (Å²) < 4.78 is 11.5. The van der Waals surface area contributed by atoms with E-state index in [1.54, 1.807) is 0 Å². The van der Waals surface area contributed by atoms with Crippen LogP contribution in [0.15, 0.2) is 0 Å². The molecule has 3 aliphatic rings. The molecule has 0 spiro atoms. The van der Waals surface area contributed by atoms with Gasteiger partial charge in [-0.2, -0.15) is 0 Å². The molecular weight excluding hydrogens is 264 g/mol. The summed E-state index contributed by atoms with van der Waals surface area (Å²) in [5, 5.41) is 19.1. The smallest absolute Gasteiger partial charge is 0.310 e. The second-order valence-corrected chi connectivity index (χ2v) is 5.63. The Balaban J connectivity index is 2.45. The van der Waals surface area contributed by atoms with Gasteiger partial charge in [-0.25, -0.2) is 0 Å². The van der Waals surface area contributed by atoms with Crippen molar-refractivity contribution in [1.82, 2.24) is 0 Å². The van der Waals surface area contributed by atoms with Crippen LogP contribution in [0.1, 0.15) is 39.5 Å². The van der Waals surface area contributed by atoms with E-state index in [1.165, 1.54) is 0 Å². The maximum absolute atomic E-state index is 11.7.